The van der Waals surface area contributed by atoms with E-state index in [0.29, 0.717) is 11.3 Å². The molecule has 0 unspecified atom stereocenters. The molecule has 11 heteroatoms. The fourth-order valence-electron chi connectivity index (χ4n) is 2.44. The molecule has 4 N–H and O–H groups in total. The highest BCUT2D eigenvalue weighted by atomic mass is 35.5. The van der Waals surface area contributed by atoms with E-state index in [9.17, 15) is 27.2 Å². The van der Waals surface area contributed by atoms with Crippen LogP contribution in [0.5, 0.6) is 0 Å². The van der Waals surface area contributed by atoms with Crippen molar-refractivity contribution < 1.29 is 27.2 Å². The van der Waals surface area contributed by atoms with Crippen molar-refractivity contribution in [2.24, 2.45) is 0 Å². The highest BCUT2D eigenvalue weighted by molar-refractivity contribution is 6.35. The molecule has 0 fully saturated rings. The molecule has 0 saturated heterocycles. The second kappa shape index (κ2) is 8.46. The quantitative estimate of drug-likeness (QED) is 0.359. The highest BCUT2D eigenvalue weighted by Crippen LogP contribution is 2.28. The number of benzene rings is 2. The average Bonchev–Trinajstić information content (AvgIpc) is 2.60. The van der Waals surface area contributed by atoms with E-state index in [2.05, 4.69) is 5.32 Å². The molecule has 0 aliphatic carbocycles. The van der Waals surface area contributed by atoms with Crippen LogP contribution in [0.15, 0.2) is 36.4 Å². The van der Waals surface area contributed by atoms with E-state index in [1.54, 1.807) is 5.32 Å². The van der Waals surface area contributed by atoms with Gasteiger partial charge in [0.05, 0.1) is 10.0 Å². The normalized spacial score (nSPS) is 13.5. The predicted octanol–water partition coefficient (Wildman–Crippen LogP) is 4.33. The van der Waals surface area contributed by atoms with E-state index in [-0.39, 0.29) is 12.1 Å². The lowest BCUT2D eigenvalue weighted by Crippen LogP contribution is -2.59. The van der Waals surface area contributed by atoms with Crippen LogP contribution in [0.25, 0.3) is 0 Å². The number of nitrogen functional groups attached to an aromatic ring is 1. The van der Waals surface area contributed by atoms with Gasteiger partial charge in [0.25, 0.3) is 0 Å². The van der Waals surface area contributed by atoms with Gasteiger partial charge >= 0.3 is 12.1 Å². The molecule has 2 aromatic carbocycles. The lowest BCUT2D eigenvalue weighted by Gasteiger charge is -2.30. The third-order valence-corrected chi connectivity index (χ3v) is 4.48. The number of carbonyl (C=O) groups excluding carboxylic acids is 2. The molecule has 0 aliphatic heterocycles. The molecule has 29 heavy (non-hydrogen) atoms. The Morgan fingerprint density at radius 3 is 2.03 bits per heavy atom. The van der Waals surface area contributed by atoms with Crippen LogP contribution in [0.2, 0.25) is 10.0 Å². The Kier molecular flexibility index (Phi) is 6.64. The second-order valence-electron chi connectivity index (χ2n) is 6.41. The zero-order valence-corrected chi connectivity index (χ0v) is 16.3. The maximum absolute atomic E-state index is 13.5. The summed E-state index contributed by atoms with van der Waals surface area (Å²) in [6.45, 7) is 1.12. The minimum atomic E-state index is -5.20. The van der Waals surface area contributed by atoms with Gasteiger partial charge in [0.2, 0.25) is 5.91 Å². The molecule has 2 aromatic rings. The predicted molar refractivity (Wildman–Crippen MR) is 102 cm³/mol. The van der Waals surface area contributed by atoms with Gasteiger partial charge in [-0.1, -0.05) is 35.3 Å². The summed E-state index contributed by atoms with van der Waals surface area (Å²) in [5.41, 5.74) is 4.35. The monoisotopic (exact) mass is 451 g/mol. The average molecular weight is 452 g/mol. The van der Waals surface area contributed by atoms with E-state index in [4.69, 9.17) is 28.9 Å². The molecule has 0 heterocycles. The van der Waals surface area contributed by atoms with Gasteiger partial charge < -0.3 is 16.4 Å². The van der Waals surface area contributed by atoms with Crippen LogP contribution >= 0.6 is 23.2 Å². The van der Waals surface area contributed by atoms with Gasteiger partial charge in [0.15, 0.2) is 5.82 Å². The number of amides is 2. The summed E-state index contributed by atoms with van der Waals surface area (Å²) in [5, 5.41) is 3.22. The SMILES string of the molecule is C[C@](Cc1ccc(N)cc1)(NC(=O)C(F)(F)F)C(=O)Nc1cc(Cl)c(F)c(Cl)c1. The molecule has 0 aliphatic rings. The van der Waals surface area contributed by atoms with Gasteiger partial charge in [0.1, 0.15) is 5.54 Å². The van der Waals surface area contributed by atoms with E-state index in [1.807, 2.05) is 0 Å². The summed E-state index contributed by atoms with van der Waals surface area (Å²) < 4.78 is 51.9. The second-order valence-corrected chi connectivity index (χ2v) is 7.22. The third-order valence-electron chi connectivity index (χ3n) is 3.93. The van der Waals surface area contributed by atoms with Crippen LogP contribution in [0.1, 0.15) is 12.5 Å². The zero-order valence-electron chi connectivity index (χ0n) is 14.8. The lowest BCUT2D eigenvalue weighted by molar-refractivity contribution is -0.176. The fourth-order valence-corrected chi connectivity index (χ4v) is 2.93. The van der Waals surface area contributed by atoms with Gasteiger partial charge in [-0.05, 0) is 36.8 Å². The summed E-state index contributed by atoms with van der Waals surface area (Å²) >= 11 is 11.3. The molecular formula is C18H15Cl2F4N3O2. The van der Waals surface area contributed by atoms with Gasteiger partial charge in [-0.15, -0.1) is 0 Å². The largest absolute Gasteiger partial charge is 0.471 e. The van der Waals surface area contributed by atoms with E-state index in [1.165, 1.54) is 24.3 Å². The Labute approximate surface area is 173 Å². The summed E-state index contributed by atoms with van der Waals surface area (Å²) in [5.74, 6) is -4.20. The van der Waals surface area contributed by atoms with E-state index in [0.717, 1.165) is 19.1 Å². The standard InChI is InChI=1S/C18H15Cl2F4N3O2/c1-17(27-16(29)18(22,23)24,8-9-2-4-10(25)5-3-9)15(28)26-11-6-12(19)14(21)13(20)7-11/h2-7H,8,25H2,1H3,(H,26,28)(H,27,29)/t17-/m1/s1. The smallest absolute Gasteiger partial charge is 0.399 e. The summed E-state index contributed by atoms with van der Waals surface area (Å²) in [6, 6.07) is 8.09. The van der Waals surface area contributed by atoms with Crippen LogP contribution in [0.3, 0.4) is 0 Å². The van der Waals surface area contributed by atoms with Crippen LogP contribution < -0.4 is 16.4 Å². The number of hydrogen-bond donors (Lipinski definition) is 3. The molecule has 156 valence electrons. The third kappa shape index (κ3) is 5.74. The van der Waals surface area contributed by atoms with Gasteiger partial charge in [-0.25, -0.2) is 4.39 Å². The molecule has 2 rings (SSSR count). The Morgan fingerprint density at radius 1 is 1.03 bits per heavy atom. The summed E-state index contributed by atoms with van der Waals surface area (Å²) in [7, 11) is 0. The molecular weight excluding hydrogens is 437 g/mol. The van der Waals surface area contributed by atoms with Gasteiger partial charge in [-0.2, -0.15) is 13.2 Å². The van der Waals surface area contributed by atoms with Crippen LogP contribution in [0.4, 0.5) is 28.9 Å². The minimum Gasteiger partial charge on any atom is -0.399 e. The van der Waals surface area contributed by atoms with Crippen molar-refractivity contribution in [3.05, 3.63) is 57.8 Å². The van der Waals surface area contributed by atoms with Crippen molar-refractivity contribution in [2.75, 3.05) is 11.1 Å². The Hall–Kier alpha value is -2.52. The van der Waals surface area contributed by atoms with Gasteiger partial charge in [0, 0.05) is 17.8 Å². The molecule has 2 amide bonds. The first-order chi connectivity index (χ1) is 13.3. The Balaban J connectivity index is 2.35. The van der Waals surface area contributed by atoms with Crippen LogP contribution in [-0.4, -0.2) is 23.5 Å². The van der Waals surface area contributed by atoms with Crippen LogP contribution in [0, 0.1) is 5.82 Å². The van der Waals surface area contributed by atoms with Crippen molar-refractivity contribution >= 4 is 46.4 Å². The first-order valence-corrected chi connectivity index (χ1v) is 8.77. The summed E-state index contributed by atoms with van der Waals surface area (Å²) in [4.78, 5) is 24.3. The molecule has 0 radical (unpaired) electrons. The number of anilines is 2. The number of halogens is 6. The number of nitrogens with two attached hydrogens (primary N) is 1. The molecule has 0 aromatic heterocycles. The first kappa shape index (κ1) is 22.8. The Bertz CT molecular complexity index is 913. The number of nitrogens with one attached hydrogen (secondary N) is 2. The molecule has 5 nitrogen and oxygen atoms in total. The molecule has 0 bridgehead atoms. The van der Waals surface area contributed by atoms with E-state index >= 15 is 0 Å². The maximum Gasteiger partial charge on any atom is 0.471 e. The number of alkyl halides is 3. The topological polar surface area (TPSA) is 84.2 Å². The fraction of sp³-hybridized carbons (Fsp3) is 0.222. The lowest BCUT2D eigenvalue weighted by atomic mass is 9.91. The zero-order chi connectivity index (χ0) is 22.0. The van der Waals surface area contributed by atoms with E-state index < -0.39 is 39.4 Å². The highest BCUT2D eigenvalue weighted by Gasteiger charge is 2.45. The number of carbonyl (C=O) groups is 2. The van der Waals surface area contributed by atoms with Crippen molar-refractivity contribution in [2.45, 2.75) is 25.1 Å². The number of rotatable bonds is 5. The minimum absolute atomic E-state index is 0.0591. The Morgan fingerprint density at radius 2 is 1.55 bits per heavy atom. The van der Waals surface area contributed by atoms with Crippen molar-refractivity contribution in [1.29, 1.82) is 0 Å². The van der Waals surface area contributed by atoms with Crippen molar-refractivity contribution in [3.63, 3.8) is 0 Å². The molecule has 1 atom stereocenters. The van der Waals surface area contributed by atoms with Crippen molar-refractivity contribution in [3.8, 4) is 0 Å². The first-order valence-electron chi connectivity index (χ1n) is 8.01. The van der Waals surface area contributed by atoms with Crippen LogP contribution in [-0.2, 0) is 16.0 Å². The molecule has 0 saturated carbocycles. The molecule has 0 spiro atoms. The van der Waals surface area contributed by atoms with Crippen molar-refractivity contribution in [1.82, 2.24) is 5.32 Å². The van der Waals surface area contributed by atoms with Gasteiger partial charge in [-0.3, -0.25) is 9.59 Å². The maximum atomic E-state index is 13.5. The number of hydrogen-bond acceptors (Lipinski definition) is 3. The summed E-state index contributed by atoms with van der Waals surface area (Å²) in [6.07, 6.45) is -5.49.